The predicted molar refractivity (Wildman–Crippen MR) is 127 cm³/mol. The Bertz CT molecular complexity index is 972. The summed E-state index contributed by atoms with van der Waals surface area (Å²) in [7, 11) is 1.60. The number of aliphatic hydroxyl groups excluding tert-OH is 1. The van der Waals surface area contributed by atoms with E-state index in [1.54, 1.807) is 7.11 Å². The van der Waals surface area contributed by atoms with E-state index in [-0.39, 0.29) is 6.61 Å². The molecular weight excluding hydrogens is 410 g/mol. The lowest BCUT2D eigenvalue weighted by Crippen LogP contribution is -2.40. The molecule has 1 atom stereocenters. The van der Waals surface area contributed by atoms with Gasteiger partial charge in [-0.05, 0) is 54.2 Å². The Morgan fingerprint density at radius 2 is 1.61 bits per heavy atom. The molecule has 31 heavy (non-hydrogen) atoms. The maximum Gasteiger partial charge on any atom is 0.179 e. The van der Waals surface area contributed by atoms with Crippen molar-refractivity contribution in [3.63, 3.8) is 0 Å². The molecule has 0 fully saturated rings. The standard InChI is InChI=1S/C26H30ClNO3/c1-26(28,18-29)14-12-20-16-23(27)25(24(17-20)30-2)31-15-13-19-8-10-22(11-9-19)21-6-4-3-5-7-21/h3-11,16-17,29H,12-15,18,28H2,1-2H3. The minimum absolute atomic E-state index is 0.0641. The van der Waals surface area contributed by atoms with Crippen molar-refractivity contribution in [2.75, 3.05) is 20.3 Å². The number of nitrogens with two attached hydrogens (primary N) is 1. The zero-order chi connectivity index (χ0) is 22.3. The number of halogens is 1. The highest BCUT2D eigenvalue weighted by Crippen LogP contribution is 2.37. The Balaban J connectivity index is 1.61. The lowest BCUT2D eigenvalue weighted by molar-refractivity contribution is 0.200. The maximum absolute atomic E-state index is 9.34. The van der Waals surface area contributed by atoms with Gasteiger partial charge in [0.15, 0.2) is 11.5 Å². The fourth-order valence-corrected chi connectivity index (χ4v) is 3.62. The summed E-state index contributed by atoms with van der Waals surface area (Å²) in [6, 6.07) is 22.6. The number of rotatable bonds is 10. The molecule has 4 nitrogen and oxygen atoms in total. The summed E-state index contributed by atoms with van der Waals surface area (Å²) < 4.78 is 11.5. The van der Waals surface area contributed by atoms with Gasteiger partial charge >= 0.3 is 0 Å². The van der Waals surface area contributed by atoms with Gasteiger partial charge in [0.1, 0.15) is 0 Å². The number of hydrogen-bond donors (Lipinski definition) is 2. The summed E-state index contributed by atoms with van der Waals surface area (Å²) in [5, 5.41) is 9.85. The van der Waals surface area contributed by atoms with E-state index in [9.17, 15) is 5.11 Å². The number of methoxy groups -OCH3 is 1. The molecule has 164 valence electrons. The number of hydrogen-bond acceptors (Lipinski definition) is 4. The van der Waals surface area contributed by atoms with Crippen LogP contribution in [-0.4, -0.2) is 31.0 Å². The first-order valence-electron chi connectivity index (χ1n) is 10.5. The molecule has 3 N–H and O–H groups in total. The highest BCUT2D eigenvalue weighted by molar-refractivity contribution is 6.32. The van der Waals surface area contributed by atoms with Crippen LogP contribution in [0.3, 0.4) is 0 Å². The lowest BCUT2D eigenvalue weighted by atomic mass is 9.95. The number of ether oxygens (including phenoxy) is 2. The monoisotopic (exact) mass is 439 g/mol. The Morgan fingerprint density at radius 1 is 0.935 bits per heavy atom. The van der Waals surface area contributed by atoms with Gasteiger partial charge in [0.25, 0.3) is 0 Å². The zero-order valence-corrected chi connectivity index (χ0v) is 18.9. The summed E-state index contributed by atoms with van der Waals surface area (Å²) in [5.41, 5.74) is 9.99. The third-order valence-corrected chi connectivity index (χ3v) is 5.61. The first-order valence-corrected chi connectivity index (χ1v) is 10.8. The van der Waals surface area contributed by atoms with Gasteiger partial charge in [-0.1, -0.05) is 66.2 Å². The third kappa shape index (κ3) is 6.47. The molecule has 0 radical (unpaired) electrons. The van der Waals surface area contributed by atoms with Crippen LogP contribution >= 0.6 is 11.6 Å². The normalized spacial score (nSPS) is 12.9. The van der Waals surface area contributed by atoms with Gasteiger partial charge in [0.05, 0.1) is 25.3 Å². The lowest BCUT2D eigenvalue weighted by Gasteiger charge is -2.22. The van der Waals surface area contributed by atoms with Gasteiger partial charge in [-0.25, -0.2) is 0 Å². The van der Waals surface area contributed by atoms with E-state index < -0.39 is 5.54 Å². The van der Waals surface area contributed by atoms with Crippen LogP contribution in [0.25, 0.3) is 11.1 Å². The Labute approximate surface area is 189 Å². The van der Waals surface area contributed by atoms with Crippen LogP contribution < -0.4 is 15.2 Å². The van der Waals surface area contributed by atoms with Gasteiger partial charge in [0, 0.05) is 12.0 Å². The quantitative estimate of drug-likeness (QED) is 0.451. The van der Waals surface area contributed by atoms with Crippen LogP contribution in [-0.2, 0) is 12.8 Å². The van der Waals surface area contributed by atoms with Gasteiger partial charge in [-0.15, -0.1) is 0 Å². The minimum atomic E-state index is -0.620. The second-order valence-corrected chi connectivity index (χ2v) is 8.49. The minimum Gasteiger partial charge on any atom is -0.493 e. The van der Waals surface area contributed by atoms with E-state index in [0.717, 1.165) is 12.0 Å². The van der Waals surface area contributed by atoms with E-state index >= 15 is 0 Å². The average Bonchev–Trinajstić information content (AvgIpc) is 2.80. The topological polar surface area (TPSA) is 64.7 Å². The van der Waals surface area contributed by atoms with E-state index in [1.165, 1.54) is 16.7 Å². The predicted octanol–water partition coefficient (Wildman–Crippen LogP) is 5.28. The Morgan fingerprint density at radius 3 is 2.26 bits per heavy atom. The van der Waals surface area contributed by atoms with Crippen molar-refractivity contribution in [2.45, 2.75) is 31.7 Å². The molecule has 0 spiro atoms. The van der Waals surface area contributed by atoms with Crippen molar-refractivity contribution in [1.29, 1.82) is 0 Å². The molecule has 5 heteroatoms. The summed E-state index contributed by atoms with van der Waals surface area (Å²) in [6.07, 6.45) is 2.10. The van der Waals surface area contributed by atoms with E-state index in [2.05, 4.69) is 36.4 Å². The van der Waals surface area contributed by atoms with Crippen molar-refractivity contribution in [3.8, 4) is 22.6 Å². The molecule has 3 aromatic rings. The Hall–Kier alpha value is -2.53. The molecule has 0 aliphatic rings. The van der Waals surface area contributed by atoms with Crippen LogP contribution in [0.15, 0.2) is 66.7 Å². The highest BCUT2D eigenvalue weighted by Gasteiger charge is 2.18. The fourth-order valence-electron chi connectivity index (χ4n) is 3.33. The van der Waals surface area contributed by atoms with Crippen LogP contribution in [0.2, 0.25) is 5.02 Å². The van der Waals surface area contributed by atoms with Crippen molar-refractivity contribution in [1.82, 2.24) is 0 Å². The molecule has 0 aromatic heterocycles. The summed E-state index contributed by atoms with van der Waals surface area (Å²) in [5.74, 6) is 1.15. The average molecular weight is 440 g/mol. The number of benzene rings is 3. The zero-order valence-electron chi connectivity index (χ0n) is 18.1. The van der Waals surface area contributed by atoms with Gasteiger partial charge in [0.2, 0.25) is 0 Å². The van der Waals surface area contributed by atoms with Crippen LogP contribution in [0.4, 0.5) is 0 Å². The molecule has 0 saturated carbocycles. The first-order chi connectivity index (χ1) is 14.9. The fraction of sp³-hybridized carbons (Fsp3) is 0.308. The van der Waals surface area contributed by atoms with E-state index in [4.69, 9.17) is 26.8 Å². The van der Waals surface area contributed by atoms with Crippen LogP contribution in [0, 0.1) is 0 Å². The molecule has 0 heterocycles. The van der Waals surface area contributed by atoms with E-state index in [0.29, 0.717) is 36.0 Å². The highest BCUT2D eigenvalue weighted by atomic mass is 35.5. The van der Waals surface area contributed by atoms with E-state index in [1.807, 2.05) is 37.3 Å². The van der Waals surface area contributed by atoms with Crippen molar-refractivity contribution in [2.24, 2.45) is 5.73 Å². The molecule has 0 amide bonds. The van der Waals surface area contributed by atoms with Crippen molar-refractivity contribution < 1.29 is 14.6 Å². The molecule has 1 unspecified atom stereocenters. The van der Waals surface area contributed by atoms with Crippen molar-refractivity contribution >= 4 is 11.6 Å². The van der Waals surface area contributed by atoms with Crippen LogP contribution in [0.5, 0.6) is 11.5 Å². The summed E-state index contributed by atoms with van der Waals surface area (Å²) in [4.78, 5) is 0. The summed E-state index contributed by atoms with van der Waals surface area (Å²) in [6.45, 7) is 2.26. The molecule has 0 aliphatic heterocycles. The molecule has 0 aliphatic carbocycles. The number of aliphatic hydroxyl groups is 1. The second-order valence-electron chi connectivity index (χ2n) is 8.08. The number of aryl methyl sites for hydroxylation is 1. The molecule has 3 rings (SSSR count). The maximum atomic E-state index is 9.34. The molecule has 3 aromatic carbocycles. The molecule has 0 bridgehead atoms. The Kier molecular flexibility index (Phi) is 7.97. The second kappa shape index (κ2) is 10.7. The van der Waals surface area contributed by atoms with Crippen LogP contribution in [0.1, 0.15) is 24.5 Å². The van der Waals surface area contributed by atoms with Gasteiger partial charge in [-0.2, -0.15) is 0 Å². The third-order valence-electron chi connectivity index (χ3n) is 5.33. The smallest absolute Gasteiger partial charge is 0.179 e. The largest absolute Gasteiger partial charge is 0.493 e. The SMILES string of the molecule is COc1cc(CCC(C)(N)CO)cc(Cl)c1OCCc1ccc(-c2ccccc2)cc1. The van der Waals surface area contributed by atoms with Gasteiger partial charge in [-0.3, -0.25) is 0 Å². The first kappa shape index (κ1) is 23.1. The van der Waals surface area contributed by atoms with Gasteiger partial charge < -0.3 is 20.3 Å². The molecular formula is C26H30ClNO3. The molecule has 0 saturated heterocycles. The summed E-state index contributed by atoms with van der Waals surface area (Å²) >= 11 is 6.48. The van der Waals surface area contributed by atoms with Crippen molar-refractivity contribution in [3.05, 3.63) is 82.9 Å².